The maximum absolute atomic E-state index is 11.8. The lowest BCUT2D eigenvalue weighted by atomic mass is 10.2. The smallest absolute Gasteiger partial charge is 0.341 e. The second-order valence-electron chi connectivity index (χ2n) is 6.95. The van der Waals surface area contributed by atoms with Gasteiger partial charge in [-0.15, -0.1) is 0 Å². The lowest BCUT2D eigenvalue weighted by Crippen LogP contribution is -2.12. The van der Waals surface area contributed by atoms with Crippen molar-refractivity contribution in [1.29, 1.82) is 0 Å². The Kier molecular flexibility index (Phi) is 15.0. The molecule has 0 radical (unpaired) electrons. The van der Waals surface area contributed by atoms with Crippen LogP contribution in [0, 0.1) is 6.92 Å². The molecule has 0 spiro atoms. The zero-order valence-corrected chi connectivity index (χ0v) is 22.7. The molecule has 0 bridgehead atoms. The van der Waals surface area contributed by atoms with Crippen molar-refractivity contribution in [3.05, 3.63) is 65.7 Å². The van der Waals surface area contributed by atoms with Crippen molar-refractivity contribution in [1.82, 2.24) is 0 Å². The SMILES string of the molecule is CCOC(=O)C=Cc1ccccc1Sc1ccc(C)cc1.CCOC(=O)CP(=O)(OCC)OCC. The van der Waals surface area contributed by atoms with E-state index >= 15 is 0 Å². The number of esters is 2. The highest BCUT2D eigenvalue weighted by Crippen LogP contribution is 2.47. The first-order chi connectivity index (χ1) is 16.8. The molecule has 192 valence electrons. The molecule has 0 unspecified atom stereocenters. The van der Waals surface area contributed by atoms with Gasteiger partial charge in [0.2, 0.25) is 0 Å². The Bertz CT molecular complexity index is 979. The summed E-state index contributed by atoms with van der Waals surface area (Å²) in [7, 11) is -3.28. The van der Waals surface area contributed by atoms with E-state index in [1.807, 2.05) is 18.2 Å². The highest BCUT2D eigenvalue weighted by molar-refractivity contribution is 7.99. The molecule has 0 N–H and O–H groups in total. The van der Waals surface area contributed by atoms with Gasteiger partial charge in [0.05, 0.1) is 26.4 Å². The van der Waals surface area contributed by atoms with Crippen LogP contribution in [0.3, 0.4) is 0 Å². The summed E-state index contributed by atoms with van der Waals surface area (Å²) in [6.45, 7) is 10.1. The molecule has 0 atom stereocenters. The first-order valence-corrected chi connectivity index (χ1v) is 14.0. The number of aryl methyl sites for hydroxylation is 1. The molecule has 0 saturated heterocycles. The maximum Gasteiger partial charge on any atom is 0.341 e. The molecule has 2 rings (SSSR count). The van der Waals surface area contributed by atoms with Gasteiger partial charge in [0.15, 0.2) is 0 Å². The van der Waals surface area contributed by atoms with Gasteiger partial charge in [-0.25, -0.2) is 4.79 Å². The largest absolute Gasteiger partial charge is 0.466 e. The summed E-state index contributed by atoms with van der Waals surface area (Å²) in [6.07, 6.45) is 2.95. The minimum Gasteiger partial charge on any atom is -0.466 e. The molecular formula is C26H35O7PS. The predicted molar refractivity (Wildman–Crippen MR) is 140 cm³/mol. The van der Waals surface area contributed by atoms with Gasteiger partial charge in [-0.05, 0) is 64.5 Å². The Labute approximate surface area is 212 Å². The minimum atomic E-state index is -3.28. The fourth-order valence-electron chi connectivity index (χ4n) is 2.68. The average Bonchev–Trinajstić information content (AvgIpc) is 2.81. The monoisotopic (exact) mass is 522 g/mol. The van der Waals surface area contributed by atoms with E-state index in [1.54, 1.807) is 45.5 Å². The van der Waals surface area contributed by atoms with Crippen molar-refractivity contribution in [2.24, 2.45) is 0 Å². The summed E-state index contributed by atoms with van der Waals surface area (Å²) in [4.78, 5) is 24.8. The van der Waals surface area contributed by atoms with E-state index in [2.05, 4.69) is 42.0 Å². The first-order valence-electron chi connectivity index (χ1n) is 11.5. The zero-order chi connectivity index (χ0) is 26.1. The number of carbonyl (C=O) groups excluding carboxylic acids is 2. The number of hydrogen-bond acceptors (Lipinski definition) is 8. The molecule has 2 aromatic carbocycles. The quantitative estimate of drug-likeness (QED) is 0.176. The molecule has 7 nitrogen and oxygen atoms in total. The van der Waals surface area contributed by atoms with E-state index in [4.69, 9.17) is 13.8 Å². The number of rotatable bonds is 12. The van der Waals surface area contributed by atoms with Crippen LogP contribution in [0.4, 0.5) is 0 Å². The van der Waals surface area contributed by atoms with Crippen LogP contribution < -0.4 is 0 Å². The molecule has 2 aromatic rings. The van der Waals surface area contributed by atoms with Gasteiger partial charge in [0.25, 0.3) is 0 Å². The van der Waals surface area contributed by atoms with E-state index in [-0.39, 0.29) is 32.0 Å². The van der Waals surface area contributed by atoms with Crippen LogP contribution in [0.1, 0.15) is 38.8 Å². The van der Waals surface area contributed by atoms with E-state index < -0.39 is 13.6 Å². The van der Waals surface area contributed by atoms with Crippen LogP contribution in [0.15, 0.2) is 64.4 Å². The Balaban J connectivity index is 0.000000383. The van der Waals surface area contributed by atoms with Crippen molar-refractivity contribution >= 4 is 37.4 Å². The summed E-state index contributed by atoms with van der Waals surface area (Å²) < 4.78 is 31.2. The third-order valence-corrected chi connectivity index (χ3v) is 7.18. The number of carbonyl (C=O) groups is 2. The van der Waals surface area contributed by atoms with E-state index in [0.29, 0.717) is 6.61 Å². The van der Waals surface area contributed by atoms with Crippen LogP contribution >= 0.6 is 19.4 Å². The molecule has 0 saturated carbocycles. The Morgan fingerprint density at radius 2 is 1.46 bits per heavy atom. The Hall–Kier alpha value is -2.38. The fourth-order valence-corrected chi connectivity index (χ4v) is 5.06. The van der Waals surface area contributed by atoms with E-state index in [0.717, 1.165) is 10.5 Å². The lowest BCUT2D eigenvalue weighted by molar-refractivity contribution is -0.140. The topological polar surface area (TPSA) is 88.1 Å². The average molecular weight is 523 g/mol. The van der Waals surface area contributed by atoms with E-state index in [1.165, 1.54) is 16.5 Å². The van der Waals surface area contributed by atoms with E-state index in [9.17, 15) is 14.2 Å². The molecule has 35 heavy (non-hydrogen) atoms. The standard InChI is InChI=1S/C18H18O2S.C8H17O5P/c1-3-20-18(19)13-10-15-6-4-5-7-17(15)21-16-11-8-14(2)9-12-16;1-4-11-8(9)7-14(10,12-5-2)13-6-3/h4-13H,3H2,1-2H3;4-7H2,1-3H3. The van der Waals surface area contributed by atoms with Crippen LogP contribution in [0.2, 0.25) is 0 Å². The summed E-state index contributed by atoms with van der Waals surface area (Å²) in [5, 5.41) is 0. The molecule has 9 heteroatoms. The normalized spacial score (nSPS) is 11.0. The maximum atomic E-state index is 11.8. The summed E-state index contributed by atoms with van der Waals surface area (Å²) in [6, 6.07) is 16.4. The summed E-state index contributed by atoms with van der Waals surface area (Å²) >= 11 is 1.68. The summed E-state index contributed by atoms with van der Waals surface area (Å²) in [5.74, 6) is -0.870. The highest BCUT2D eigenvalue weighted by atomic mass is 32.2. The van der Waals surface area contributed by atoms with Crippen molar-refractivity contribution in [3.63, 3.8) is 0 Å². The fraction of sp³-hybridized carbons (Fsp3) is 0.385. The molecule has 0 aliphatic carbocycles. The van der Waals surface area contributed by atoms with Crippen molar-refractivity contribution in [2.75, 3.05) is 32.6 Å². The van der Waals surface area contributed by atoms with Crippen molar-refractivity contribution in [2.45, 2.75) is 44.4 Å². The van der Waals surface area contributed by atoms with Gasteiger partial charge in [0.1, 0.15) is 6.16 Å². The molecule has 0 aliphatic rings. The second-order valence-corrected chi connectivity index (χ2v) is 10.1. The van der Waals surface area contributed by atoms with Crippen LogP contribution in [0.25, 0.3) is 6.08 Å². The summed E-state index contributed by atoms with van der Waals surface area (Å²) in [5.41, 5.74) is 2.26. The van der Waals surface area contributed by atoms with Crippen LogP contribution in [-0.2, 0) is 32.7 Å². The second kappa shape index (κ2) is 17.1. The third kappa shape index (κ3) is 12.8. The number of hydrogen-bond donors (Lipinski definition) is 0. The predicted octanol–water partition coefficient (Wildman–Crippen LogP) is 6.54. The van der Waals surface area contributed by atoms with Gasteiger partial charge in [-0.2, -0.15) is 0 Å². The zero-order valence-electron chi connectivity index (χ0n) is 21.0. The lowest BCUT2D eigenvalue weighted by Gasteiger charge is -2.15. The van der Waals surface area contributed by atoms with Gasteiger partial charge in [-0.3, -0.25) is 9.36 Å². The Morgan fingerprint density at radius 1 is 0.857 bits per heavy atom. The van der Waals surface area contributed by atoms with Gasteiger partial charge in [-0.1, -0.05) is 47.7 Å². The van der Waals surface area contributed by atoms with Crippen LogP contribution in [0.5, 0.6) is 0 Å². The van der Waals surface area contributed by atoms with Gasteiger partial charge in [0, 0.05) is 15.9 Å². The Morgan fingerprint density at radius 3 is 2.03 bits per heavy atom. The molecule has 0 aromatic heterocycles. The first kappa shape index (κ1) is 30.7. The molecule has 0 fully saturated rings. The van der Waals surface area contributed by atoms with Crippen LogP contribution in [-0.4, -0.2) is 44.5 Å². The molecule has 0 heterocycles. The minimum absolute atomic E-state index is 0.247. The highest BCUT2D eigenvalue weighted by Gasteiger charge is 2.28. The molecule has 0 aliphatic heterocycles. The molecule has 0 amide bonds. The molecular weight excluding hydrogens is 487 g/mol. The number of ether oxygens (including phenoxy) is 2. The van der Waals surface area contributed by atoms with Gasteiger partial charge >= 0.3 is 19.5 Å². The van der Waals surface area contributed by atoms with Crippen molar-refractivity contribution < 1.29 is 32.7 Å². The van der Waals surface area contributed by atoms with Gasteiger partial charge < -0.3 is 18.5 Å². The van der Waals surface area contributed by atoms with Crippen molar-refractivity contribution in [3.8, 4) is 0 Å². The number of benzene rings is 2. The third-order valence-electron chi connectivity index (χ3n) is 4.13.